The molecule has 0 spiro atoms. The van der Waals surface area contributed by atoms with Crippen molar-refractivity contribution in [3.63, 3.8) is 0 Å². The topological polar surface area (TPSA) is 47.0 Å². The van der Waals surface area contributed by atoms with Gasteiger partial charge in [-0.25, -0.2) is 4.98 Å². The van der Waals surface area contributed by atoms with Gasteiger partial charge in [0.15, 0.2) is 0 Å². The third kappa shape index (κ3) is 3.04. The molecule has 0 saturated carbocycles. The van der Waals surface area contributed by atoms with E-state index in [4.69, 9.17) is 4.74 Å². The smallest absolute Gasteiger partial charge is 0.255 e. The molecule has 5 heteroatoms. The summed E-state index contributed by atoms with van der Waals surface area (Å²) in [4.78, 5) is 7.64. The molecular weight excluding hydrogens is 197 g/mol. The van der Waals surface area contributed by atoms with E-state index in [0.29, 0.717) is 5.95 Å². The van der Waals surface area contributed by atoms with Gasteiger partial charge in [0.2, 0.25) is 11.8 Å². The van der Waals surface area contributed by atoms with Crippen molar-refractivity contribution >= 4 is 5.95 Å². The average molecular weight is 213 g/mol. The minimum atomic E-state index is -0.546. The van der Waals surface area contributed by atoms with E-state index in [1.54, 1.807) is 7.05 Å². The number of aromatic nitrogens is 2. The number of hydrogen-bond donors (Lipinski definition) is 1. The molecule has 1 N–H and O–H groups in total. The van der Waals surface area contributed by atoms with Crippen LogP contribution < -0.4 is 10.1 Å². The minimum absolute atomic E-state index is 0.0128. The molecule has 0 unspecified atom stereocenters. The molecule has 1 heterocycles. The Bertz CT molecular complexity index is 341. The van der Waals surface area contributed by atoms with Crippen molar-refractivity contribution in [2.45, 2.75) is 32.8 Å². The highest BCUT2D eigenvalue weighted by molar-refractivity contribution is 5.27. The molecule has 84 valence electrons. The van der Waals surface area contributed by atoms with Crippen LogP contribution in [-0.4, -0.2) is 22.6 Å². The summed E-state index contributed by atoms with van der Waals surface area (Å²) in [7, 11) is 1.67. The van der Waals surface area contributed by atoms with Crippen LogP contribution in [0.5, 0.6) is 5.88 Å². The molecule has 0 amide bonds. The highest BCUT2D eigenvalue weighted by Gasteiger charge is 2.20. The van der Waals surface area contributed by atoms with E-state index in [-0.39, 0.29) is 5.88 Å². The van der Waals surface area contributed by atoms with Crippen LogP contribution >= 0.6 is 0 Å². The molecule has 0 fully saturated rings. The monoisotopic (exact) mass is 213 g/mol. The fraction of sp³-hybridized carbons (Fsp3) is 0.600. The lowest BCUT2D eigenvalue weighted by Gasteiger charge is -2.24. The standard InChI is InChI=1S/C10H16FN3O/c1-5-10(2,3)15-8-7(11)6-13-9(12-4)14-8/h6H,5H2,1-4H3,(H,12,13,14). The molecule has 0 aliphatic rings. The molecule has 0 atom stereocenters. The Hall–Kier alpha value is -1.39. The number of anilines is 1. The van der Waals surface area contributed by atoms with Gasteiger partial charge in [-0.05, 0) is 20.3 Å². The van der Waals surface area contributed by atoms with E-state index in [0.717, 1.165) is 12.6 Å². The molecule has 15 heavy (non-hydrogen) atoms. The molecule has 4 nitrogen and oxygen atoms in total. The van der Waals surface area contributed by atoms with Crippen molar-refractivity contribution in [2.24, 2.45) is 0 Å². The summed E-state index contributed by atoms with van der Waals surface area (Å²) in [6, 6.07) is 0. The first kappa shape index (κ1) is 11.7. The number of nitrogens with one attached hydrogen (secondary N) is 1. The molecule has 0 aliphatic heterocycles. The Balaban J connectivity index is 2.93. The molecule has 0 bridgehead atoms. The maximum atomic E-state index is 13.3. The first-order valence-electron chi connectivity index (χ1n) is 4.88. The number of halogens is 1. The maximum Gasteiger partial charge on any atom is 0.255 e. The second-order valence-corrected chi connectivity index (χ2v) is 3.81. The molecule has 0 aliphatic carbocycles. The SMILES string of the molecule is CCC(C)(C)Oc1nc(NC)ncc1F. The van der Waals surface area contributed by atoms with Gasteiger partial charge in [-0.1, -0.05) is 6.92 Å². The van der Waals surface area contributed by atoms with Crippen molar-refractivity contribution in [1.82, 2.24) is 9.97 Å². The Morgan fingerprint density at radius 1 is 1.53 bits per heavy atom. The van der Waals surface area contributed by atoms with Gasteiger partial charge >= 0.3 is 0 Å². The van der Waals surface area contributed by atoms with Crippen molar-refractivity contribution in [2.75, 3.05) is 12.4 Å². The Morgan fingerprint density at radius 3 is 2.73 bits per heavy atom. The van der Waals surface area contributed by atoms with E-state index in [1.165, 1.54) is 0 Å². The van der Waals surface area contributed by atoms with Crippen LogP contribution in [0.1, 0.15) is 27.2 Å². The molecule has 1 aromatic rings. The third-order valence-corrected chi connectivity index (χ3v) is 2.16. The molecule has 0 aromatic carbocycles. The van der Waals surface area contributed by atoms with Gasteiger partial charge in [0.1, 0.15) is 5.60 Å². The van der Waals surface area contributed by atoms with Crippen LogP contribution in [0, 0.1) is 5.82 Å². The van der Waals surface area contributed by atoms with Crippen LogP contribution in [0.15, 0.2) is 6.20 Å². The van der Waals surface area contributed by atoms with E-state index in [9.17, 15) is 4.39 Å². The largest absolute Gasteiger partial charge is 0.469 e. The fourth-order valence-electron chi connectivity index (χ4n) is 0.877. The summed E-state index contributed by atoms with van der Waals surface area (Å²) >= 11 is 0. The number of ether oxygens (including phenoxy) is 1. The normalized spacial score (nSPS) is 11.3. The quantitative estimate of drug-likeness (QED) is 0.833. The highest BCUT2D eigenvalue weighted by atomic mass is 19.1. The van der Waals surface area contributed by atoms with Gasteiger partial charge in [0.05, 0.1) is 6.20 Å². The number of nitrogens with zero attached hydrogens (tertiary/aromatic N) is 2. The predicted octanol–water partition coefficient (Wildman–Crippen LogP) is 2.22. The van der Waals surface area contributed by atoms with Gasteiger partial charge in [-0.2, -0.15) is 9.37 Å². The molecule has 1 aromatic heterocycles. The molecule has 0 radical (unpaired) electrons. The van der Waals surface area contributed by atoms with E-state index >= 15 is 0 Å². The second kappa shape index (κ2) is 4.42. The summed E-state index contributed by atoms with van der Waals surface area (Å²) in [5, 5.41) is 2.73. The van der Waals surface area contributed by atoms with Gasteiger partial charge < -0.3 is 10.1 Å². The molecule has 0 saturated heterocycles. The predicted molar refractivity (Wildman–Crippen MR) is 56.5 cm³/mol. The van der Waals surface area contributed by atoms with Gasteiger partial charge in [0.25, 0.3) is 5.88 Å². The van der Waals surface area contributed by atoms with Crippen LogP contribution in [0.4, 0.5) is 10.3 Å². The Morgan fingerprint density at radius 2 is 2.20 bits per heavy atom. The minimum Gasteiger partial charge on any atom is -0.469 e. The first-order chi connectivity index (χ1) is 6.98. The van der Waals surface area contributed by atoms with Crippen molar-refractivity contribution in [3.8, 4) is 5.88 Å². The first-order valence-corrected chi connectivity index (χ1v) is 4.88. The Labute approximate surface area is 88.9 Å². The number of hydrogen-bond acceptors (Lipinski definition) is 4. The van der Waals surface area contributed by atoms with Gasteiger partial charge in [0, 0.05) is 7.05 Å². The lowest BCUT2D eigenvalue weighted by molar-refractivity contribution is 0.0929. The highest BCUT2D eigenvalue weighted by Crippen LogP contribution is 2.22. The zero-order valence-corrected chi connectivity index (χ0v) is 9.47. The average Bonchev–Trinajstić information content (AvgIpc) is 2.21. The van der Waals surface area contributed by atoms with Crippen molar-refractivity contribution in [1.29, 1.82) is 0 Å². The second-order valence-electron chi connectivity index (χ2n) is 3.81. The zero-order chi connectivity index (χ0) is 11.5. The lowest BCUT2D eigenvalue weighted by atomic mass is 10.1. The summed E-state index contributed by atoms with van der Waals surface area (Å²) in [5.41, 5.74) is -0.430. The van der Waals surface area contributed by atoms with Crippen molar-refractivity contribution < 1.29 is 9.13 Å². The van der Waals surface area contributed by atoms with Gasteiger partial charge in [-0.15, -0.1) is 0 Å². The Kier molecular flexibility index (Phi) is 3.44. The summed E-state index contributed by atoms with van der Waals surface area (Å²) in [5.74, 6) is -0.213. The zero-order valence-electron chi connectivity index (χ0n) is 9.47. The van der Waals surface area contributed by atoms with Crippen molar-refractivity contribution in [3.05, 3.63) is 12.0 Å². The van der Waals surface area contributed by atoms with Crippen LogP contribution in [-0.2, 0) is 0 Å². The summed E-state index contributed by atoms with van der Waals surface area (Å²) in [6.45, 7) is 5.74. The van der Waals surface area contributed by atoms with Gasteiger partial charge in [-0.3, -0.25) is 0 Å². The third-order valence-electron chi connectivity index (χ3n) is 2.16. The van der Waals surface area contributed by atoms with Crippen LogP contribution in [0.25, 0.3) is 0 Å². The molecular formula is C10H16FN3O. The summed E-state index contributed by atoms with van der Waals surface area (Å²) < 4.78 is 18.8. The van der Waals surface area contributed by atoms with Crippen LogP contribution in [0.3, 0.4) is 0 Å². The van der Waals surface area contributed by atoms with E-state index in [2.05, 4.69) is 15.3 Å². The number of rotatable bonds is 4. The maximum absolute atomic E-state index is 13.3. The van der Waals surface area contributed by atoms with E-state index in [1.807, 2.05) is 20.8 Å². The van der Waals surface area contributed by atoms with E-state index < -0.39 is 11.4 Å². The fourth-order valence-corrected chi connectivity index (χ4v) is 0.877. The lowest BCUT2D eigenvalue weighted by Crippen LogP contribution is -2.28. The van der Waals surface area contributed by atoms with Crippen LogP contribution in [0.2, 0.25) is 0 Å². The molecule has 1 rings (SSSR count). The summed E-state index contributed by atoms with van der Waals surface area (Å²) in [6.07, 6.45) is 1.87.